The van der Waals surface area contributed by atoms with Gasteiger partial charge in [0.05, 0.1) is 37.4 Å². The molecule has 1 aromatic heterocycles. The van der Waals surface area contributed by atoms with Crippen LogP contribution in [0.3, 0.4) is 0 Å². The van der Waals surface area contributed by atoms with Crippen LogP contribution >= 0.6 is 23.7 Å². The molecule has 1 fully saturated rings. The molecule has 0 radical (unpaired) electrons. The Morgan fingerprint density at radius 1 is 1.14 bits per heavy atom. The summed E-state index contributed by atoms with van der Waals surface area (Å²) in [5.74, 6) is 1.09. The lowest BCUT2D eigenvalue weighted by Crippen LogP contribution is -2.39. The van der Waals surface area contributed by atoms with Crippen LogP contribution < -0.4 is 14.4 Å². The number of piperidine rings is 1. The monoisotopic (exact) mass is 519 g/mol. The van der Waals surface area contributed by atoms with Crippen LogP contribution in [0.2, 0.25) is 0 Å². The number of likely N-dealkylation sites (N-methyl/N-ethyl adjacent to an activating group) is 1. The van der Waals surface area contributed by atoms with E-state index in [2.05, 4.69) is 21.9 Å². The van der Waals surface area contributed by atoms with Gasteiger partial charge in [-0.25, -0.2) is 0 Å². The Morgan fingerprint density at radius 3 is 2.43 bits per heavy atom. The van der Waals surface area contributed by atoms with E-state index in [0.29, 0.717) is 23.6 Å². The molecule has 0 amide bonds. The van der Waals surface area contributed by atoms with Crippen LogP contribution in [-0.2, 0) is 9.53 Å². The number of nitriles is 1. The molecule has 9 heteroatoms. The van der Waals surface area contributed by atoms with Gasteiger partial charge in [-0.3, -0.25) is 9.69 Å². The van der Waals surface area contributed by atoms with Gasteiger partial charge >= 0.3 is 5.97 Å². The topological polar surface area (TPSA) is 75.0 Å². The fraction of sp³-hybridized carbons (Fsp3) is 0.462. The highest BCUT2D eigenvalue weighted by molar-refractivity contribution is 7.17. The molecule has 1 aromatic carbocycles. The van der Waals surface area contributed by atoms with Gasteiger partial charge in [-0.1, -0.05) is 13.8 Å². The molecule has 0 atom stereocenters. The molecule has 0 spiro atoms. The summed E-state index contributed by atoms with van der Waals surface area (Å²) < 4.78 is 16.4. The number of hydrogen-bond donors (Lipinski definition) is 0. The number of hydrogen-bond acceptors (Lipinski definition) is 8. The van der Waals surface area contributed by atoms with Crippen LogP contribution in [0.25, 0.3) is 11.6 Å². The van der Waals surface area contributed by atoms with Crippen molar-refractivity contribution < 1.29 is 19.0 Å². The largest absolute Gasteiger partial charge is 0.493 e. The van der Waals surface area contributed by atoms with Crippen LogP contribution in [-0.4, -0.2) is 63.9 Å². The number of allylic oxidation sites excluding steroid dienone is 1. The molecule has 0 saturated carbocycles. The SMILES string of the molecule is CCN(CC)CC(=O)OC1CCN(c2ccc(C=C(C#N)c3ccc(OC)c(OC)c3)s2)CC1.Cl. The number of thiophene rings is 1. The first-order valence-electron chi connectivity index (χ1n) is 11.6. The predicted octanol–water partition coefficient (Wildman–Crippen LogP) is 5.11. The van der Waals surface area contributed by atoms with Crippen molar-refractivity contribution in [2.75, 3.05) is 51.8 Å². The van der Waals surface area contributed by atoms with E-state index in [1.54, 1.807) is 31.6 Å². The summed E-state index contributed by atoms with van der Waals surface area (Å²) in [6.45, 7) is 7.83. The Balaban J connectivity index is 0.00000432. The van der Waals surface area contributed by atoms with Gasteiger partial charge in [0.2, 0.25) is 0 Å². The Kier molecular flexibility index (Phi) is 11.4. The number of ether oxygens (including phenoxy) is 3. The van der Waals surface area contributed by atoms with E-state index < -0.39 is 0 Å². The minimum absolute atomic E-state index is 0. The third-order valence-electron chi connectivity index (χ3n) is 6.01. The highest BCUT2D eigenvalue weighted by Gasteiger charge is 2.24. The van der Waals surface area contributed by atoms with Gasteiger partial charge in [0.25, 0.3) is 0 Å². The number of nitrogens with zero attached hydrogens (tertiary/aromatic N) is 3. The molecule has 0 aliphatic carbocycles. The van der Waals surface area contributed by atoms with Crippen LogP contribution in [0.1, 0.15) is 37.1 Å². The van der Waals surface area contributed by atoms with Crippen LogP contribution in [0, 0.1) is 11.3 Å². The zero-order valence-electron chi connectivity index (χ0n) is 20.8. The lowest BCUT2D eigenvalue weighted by atomic mass is 10.1. The maximum atomic E-state index is 12.2. The number of esters is 1. The maximum absolute atomic E-state index is 12.2. The van der Waals surface area contributed by atoms with Gasteiger partial charge in [0, 0.05) is 30.8 Å². The van der Waals surface area contributed by atoms with Gasteiger partial charge in [0.1, 0.15) is 6.10 Å². The summed E-state index contributed by atoms with van der Waals surface area (Å²) in [5, 5.41) is 10.9. The summed E-state index contributed by atoms with van der Waals surface area (Å²) in [4.78, 5) is 17.6. The second-order valence-electron chi connectivity index (χ2n) is 8.05. The van der Waals surface area contributed by atoms with E-state index in [0.717, 1.165) is 54.5 Å². The third kappa shape index (κ3) is 7.63. The van der Waals surface area contributed by atoms with Crippen molar-refractivity contribution in [3.05, 3.63) is 40.8 Å². The van der Waals surface area contributed by atoms with Gasteiger partial charge < -0.3 is 19.1 Å². The summed E-state index contributed by atoms with van der Waals surface area (Å²) >= 11 is 1.65. The van der Waals surface area contributed by atoms with Crippen molar-refractivity contribution in [1.82, 2.24) is 4.90 Å². The molecule has 0 bridgehead atoms. The second kappa shape index (κ2) is 14.0. The number of carbonyl (C=O) groups is 1. The quantitative estimate of drug-likeness (QED) is 0.319. The molecule has 1 aliphatic heterocycles. The van der Waals surface area contributed by atoms with E-state index in [4.69, 9.17) is 14.2 Å². The Morgan fingerprint density at radius 2 is 1.83 bits per heavy atom. The molecule has 0 unspecified atom stereocenters. The van der Waals surface area contributed by atoms with Crippen LogP contribution in [0.15, 0.2) is 30.3 Å². The van der Waals surface area contributed by atoms with Crippen LogP contribution in [0.5, 0.6) is 11.5 Å². The number of benzene rings is 1. The number of methoxy groups -OCH3 is 2. The molecule has 2 heterocycles. The van der Waals surface area contributed by atoms with Crippen LogP contribution in [0.4, 0.5) is 5.00 Å². The van der Waals surface area contributed by atoms with E-state index in [1.807, 2.05) is 38.1 Å². The number of carbonyl (C=O) groups excluding carboxylic acids is 1. The molecule has 3 rings (SSSR count). The number of halogens is 1. The molecule has 7 nitrogen and oxygen atoms in total. The summed E-state index contributed by atoms with van der Waals surface area (Å²) in [7, 11) is 3.17. The predicted molar refractivity (Wildman–Crippen MR) is 144 cm³/mol. The Bertz CT molecular complexity index is 1040. The zero-order valence-corrected chi connectivity index (χ0v) is 22.4. The van der Waals surface area contributed by atoms with E-state index in [1.165, 1.54) is 0 Å². The molecule has 35 heavy (non-hydrogen) atoms. The second-order valence-corrected chi connectivity index (χ2v) is 9.15. The minimum atomic E-state index is -0.134. The van der Waals surface area contributed by atoms with Crippen molar-refractivity contribution in [3.63, 3.8) is 0 Å². The highest BCUT2D eigenvalue weighted by atomic mass is 35.5. The first kappa shape index (κ1) is 28.5. The van der Waals surface area contributed by atoms with E-state index in [9.17, 15) is 10.1 Å². The Hall–Kier alpha value is -2.73. The Labute approximate surface area is 218 Å². The summed E-state index contributed by atoms with van der Waals surface area (Å²) in [6.07, 6.45) is 3.52. The molecule has 190 valence electrons. The average Bonchev–Trinajstić information content (AvgIpc) is 3.34. The molecular formula is C26H34ClN3O4S. The molecule has 2 aromatic rings. The van der Waals surface area contributed by atoms with Crippen molar-refractivity contribution in [2.45, 2.75) is 32.8 Å². The first-order chi connectivity index (χ1) is 16.5. The molecular weight excluding hydrogens is 486 g/mol. The lowest BCUT2D eigenvalue weighted by Gasteiger charge is -2.32. The van der Waals surface area contributed by atoms with Gasteiger partial charge in [0.15, 0.2) is 11.5 Å². The first-order valence-corrected chi connectivity index (χ1v) is 12.4. The lowest BCUT2D eigenvalue weighted by molar-refractivity contribution is -0.151. The van der Waals surface area contributed by atoms with Gasteiger partial charge in [-0.2, -0.15) is 5.26 Å². The average molecular weight is 520 g/mol. The van der Waals surface area contributed by atoms with E-state index >= 15 is 0 Å². The van der Waals surface area contributed by atoms with E-state index in [-0.39, 0.29) is 24.5 Å². The summed E-state index contributed by atoms with van der Waals surface area (Å²) in [5.41, 5.74) is 1.34. The van der Waals surface area contributed by atoms with Crippen molar-refractivity contribution in [3.8, 4) is 17.6 Å². The van der Waals surface area contributed by atoms with Gasteiger partial charge in [-0.05, 0) is 55.1 Å². The normalized spacial score (nSPS) is 14.3. The van der Waals surface area contributed by atoms with Gasteiger partial charge in [-0.15, -0.1) is 23.7 Å². The van der Waals surface area contributed by atoms with Crippen molar-refractivity contribution >= 4 is 46.4 Å². The zero-order chi connectivity index (χ0) is 24.5. The fourth-order valence-corrected chi connectivity index (χ4v) is 4.97. The highest BCUT2D eigenvalue weighted by Crippen LogP contribution is 2.34. The minimum Gasteiger partial charge on any atom is -0.493 e. The standard InChI is InChI=1S/C26H33N3O4S.ClH/c1-5-28(6-2)18-26(30)33-21-11-13-29(14-12-21)25-10-8-22(34-25)15-20(17-27)19-7-9-23(31-3)24(16-19)32-4;/h7-10,15-16,21H,5-6,11-14,18H2,1-4H3;1H. The third-order valence-corrected chi connectivity index (χ3v) is 7.11. The number of rotatable bonds is 10. The maximum Gasteiger partial charge on any atom is 0.320 e. The van der Waals surface area contributed by atoms with Crippen molar-refractivity contribution in [2.24, 2.45) is 0 Å². The fourth-order valence-electron chi connectivity index (χ4n) is 3.96. The molecule has 0 N–H and O–H groups in total. The smallest absolute Gasteiger partial charge is 0.320 e. The number of anilines is 1. The molecule has 1 saturated heterocycles. The van der Waals surface area contributed by atoms with Crippen molar-refractivity contribution in [1.29, 1.82) is 5.26 Å². The summed E-state index contributed by atoms with van der Waals surface area (Å²) in [6, 6.07) is 11.9. The molecule has 1 aliphatic rings.